The van der Waals surface area contributed by atoms with Crippen LogP contribution in [-0.2, 0) is 44.8 Å². The van der Waals surface area contributed by atoms with Gasteiger partial charge in [-0.1, -0.05) is 6.07 Å². The van der Waals surface area contributed by atoms with Crippen molar-refractivity contribution in [2.45, 2.75) is 149 Å². The minimum Gasteiger partial charge on any atom is -0.496 e. The Balaban J connectivity index is 1.22. The topological polar surface area (TPSA) is 411 Å². The van der Waals surface area contributed by atoms with Crippen LogP contribution in [0.2, 0.25) is 0 Å². The molecule has 91 heavy (non-hydrogen) atoms. The fourth-order valence-electron chi connectivity index (χ4n) is 8.56. The molecule has 4 rings (SSSR count). The lowest BCUT2D eigenvalue weighted by molar-refractivity contribution is -0.124. The first-order valence-electron chi connectivity index (χ1n) is 29.5. The van der Waals surface area contributed by atoms with Crippen molar-refractivity contribution < 1.29 is 76.4 Å². The van der Waals surface area contributed by atoms with Gasteiger partial charge in [-0.25, -0.2) is 14.6 Å². The van der Waals surface area contributed by atoms with Gasteiger partial charge in [0.25, 0.3) is 23.6 Å². The van der Waals surface area contributed by atoms with E-state index in [4.69, 9.17) is 39.9 Å². The standard InChI is InChI=1S/C62H87N13O16/c1-37(76)68-42-22-25-49(86-9)45(34-42)54(80)72-74-56(82)47(70-59(84)90-61(3,4)5)17-11-13-27-65-52(78)19-15-29-88-44-24-21-39-31-41(36-67-58(63)64)51(33-40(39)32-44)89-30-16-20-53(79)66-28-14-12-18-48(71-60(85)91-62(6,7)8)57(83)75-73-55(81)46-35-43(69-38(2)77)23-26-50(46)87-10/h21-26,31-35,47-48H,11-20,27-30,36H2,1-10H3,(H,65,78)(H,66,79)(H,68,76)(H,69,77)(H,70,84)(H,71,85)(H,72,80)(H,73,81)(H,74,82)(H,75,83)(H4,63,64,67)/t47-,48-/m0/s1. The number of aliphatic imine (C=N–C) groups is 1. The number of fused-ring (bicyclic) bond motifs is 1. The van der Waals surface area contributed by atoms with E-state index in [2.05, 4.69) is 58.6 Å². The number of nitrogens with zero attached hydrogens (tertiary/aromatic N) is 1. The first-order valence-corrected chi connectivity index (χ1v) is 29.5. The molecule has 4 aromatic carbocycles. The van der Waals surface area contributed by atoms with E-state index in [1.807, 2.05) is 24.3 Å². The van der Waals surface area contributed by atoms with Gasteiger partial charge in [0.1, 0.15) is 46.3 Å². The van der Waals surface area contributed by atoms with Crippen LogP contribution in [0.3, 0.4) is 0 Å². The summed E-state index contributed by atoms with van der Waals surface area (Å²) in [5, 5.41) is 17.6. The van der Waals surface area contributed by atoms with Crippen molar-refractivity contribution in [2.24, 2.45) is 16.5 Å². The zero-order valence-corrected chi connectivity index (χ0v) is 53.2. The van der Waals surface area contributed by atoms with Crippen molar-refractivity contribution in [1.82, 2.24) is 43.0 Å². The average Bonchev–Trinajstić information content (AvgIpc) is 1.61. The van der Waals surface area contributed by atoms with Crippen molar-refractivity contribution in [3.8, 4) is 23.0 Å². The average molecular weight is 1270 g/mol. The fraction of sp³-hybridized carbons (Fsp3) is 0.468. The Bertz CT molecular complexity index is 3230. The van der Waals surface area contributed by atoms with E-state index in [9.17, 15) is 47.9 Å². The van der Waals surface area contributed by atoms with Gasteiger partial charge in [0.05, 0.1) is 45.1 Å². The second-order valence-corrected chi connectivity index (χ2v) is 22.8. The Labute approximate surface area is 528 Å². The molecule has 2 atom stereocenters. The number of hydrazine groups is 2. The van der Waals surface area contributed by atoms with Gasteiger partial charge in [0.2, 0.25) is 23.6 Å². The second-order valence-electron chi connectivity index (χ2n) is 22.8. The van der Waals surface area contributed by atoms with Crippen LogP contribution in [0.25, 0.3) is 10.8 Å². The van der Waals surface area contributed by atoms with Crippen LogP contribution in [0, 0.1) is 0 Å². The molecule has 4 aromatic rings. The third-order valence-electron chi connectivity index (χ3n) is 12.7. The number of nitrogens with one attached hydrogen (secondary N) is 10. The zero-order chi connectivity index (χ0) is 67.3. The molecule has 29 nitrogen and oxygen atoms in total. The first-order chi connectivity index (χ1) is 43.0. The summed E-state index contributed by atoms with van der Waals surface area (Å²) in [6.45, 7) is 13.7. The van der Waals surface area contributed by atoms with Crippen molar-refractivity contribution in [1.29, 1.82) is 0 Å². The molecule has 0 aromatic heterocycles. The molecule has 0 spiro atoms. The third kappa shape index (κ3) is 27.9. The maximum Gasteiger partial charge on any atom is 0.408 e. The molecule has 0 fully saturated rings. The SMILES string of the molecule is COc1ccc(NC(C)=O)cc1C(=O)NNC(=O)[C@H](CCCCNC(=O)CCCOc1ccc2cc(CN=C(N)N)c(OCCCC(=O)NCCCC[C@H](NC(=O)OC(C)(C)C)C(=O)NNC(=O)c3cc(NC(C)=O)ccc3OC)cc2c1)NC(=O)OC(C)(C)C. The molecular weight excluding hydrogens is 1180 g/mol. The minimum absolute atomic E-state index is 0.0226. The summed E-state index contributed by atoms with van der Waals surface area (Å²) in [4.78, 5) is 131. The molecule has 0 heterocycles. The van der Waals surface area contributed by atoms with Crippen molar-refractivity contribution in [3.05, 3.63) is 83.4 Å². The molecule has 0 bridgehead atoms. The summed E-state index contributed by atoms with van der Waals surface area (Å²) in [5.41, 5.74) is 20.3. The Kier molecular flexibility index (Phi) is 29.4. The van der Waals surface area contributed by atoms with Crippen LogP contribution >= 0.6 is 0 Å². The maximum absolute atomic E-state index is 13.3. The normalized spacial score (nSPS) is 11.6. The third-order valence-corrected chi connectivity index (χ3v) is 12.7. The molecule has 0 aliphatic heterocycles. The summed E-state index contributed by atoms with van der Waals surface area (Å²) < 4.78 is 33.4. The molecule has 496 valence electrons. The number of carbonyl (C=O) groups is 10. The highest BCUT2D eigenvalue weighted by Crippen LogP contribution is 2.31. The molecule has 0 unspecified atom stereocenters. The number of unbranched alkanes of at least 4 members (excludes halogenated alkanes) is 2. The zero-order valence-electron chi connectivity index (χ0n) is 53.2. The number of hydrogen-bond acceptors (Lipinski definition) is 17. The van der Waals surface area contributed by atoms with Crippen LogP contribution < -0.4 is 84.0 Å². The van der Waals surface area contributed by atoms with E-state index in [0.29, 0.717) is 67.0 Å². The van der Waals surface area contributed by atoms with E-state index in [0.717, 1.165) is 10.8 Å². The predicted molar refractivity (Wildman–Crippen MR) is 339 cm³/mol. The highest BCUT2D eigenvalue weighted by Gasteiger charge is 2.28. The highest BCUT2D eigenvalue weighted by molar-refractivity contribution is 6.01. The van der Waals surface area contributed by atoms with Crippen LogP contribution in [0.5, 0.6) is 23.0 Å². The molecule has 0 aliphatic rings. The molecule has 0 saturated carbocycles. The number of alkyl carbamates (subject to hydrolysis) is 2. The molecule has 0 radical (unpaired) electrons. The first kappa shape index (κ1) is 73.4. The summed E-state index contributed by atoms with van der Waals surface area (Å²) >= 11 is 0. The summed E-state index contributed by atoms with van der Waals surface area (Å²) in [6, 6.07) is 15.8. The lowest BCUT2D eigenvalue weighted by Gasteiger charge is -2.23. The Hall–Kier alpha value is -10.1. The van der Waals surface area contributed by atoms with E-state index in [1.54, 1.807) is 59.7 Å². The Morgan fingerprint density at radius 1 is 0.516 bits per heavy atom. The van der Waals surface area contributed by atoms with Crippen LogP contribution in [0.1, 0.15) is 146 Å². The number of hydrogen-bond donors (Lipinski definition) is 12. The number of anilines is 2. The molecule has 14 N–H and O–H groups in total. The van der Waals surface area contributed by atoms with Gasteiger partial charge in [0, 0.05) is 56.7 Å². The maximum atomic E-state index is 13.3. The monoisotopic (exact) mass is 1270 g/mol. The van der Waals surface area contributed by atoms with Crippen LogP contribution in [0.4, 0.5) is 21.0 Å². The van der Waals surface area contributed by atoms with Crippen LogP contribution in [0.15, 0.2) is 71.7 Å². The number of guanidine groups is 1. The number of ether oxygens (including phenoxy) is 6. The molecular formula is C62H87N13O16. The Morgan fingerprint density at radius 3 is 1.41 bits per heavy atom. The number of rotatable bonds is 32. The lowest BCUT2D eigenvalue weighted by atomic mass is 10.1. The van der Waals surface area contributed by atoms with E-state index >= 15 is 0 Å². The highest BCUT2D eigenvalue weighted by atomic mass is 16.6. The molecule has 10 amide bonds. The van der Waals surface area contributed by atoms with Gasteiger partial charge < -0.3 is 71.8 Å². The van der Waals surface area contributed by atoms with Crippen LogP contribution in [-0.4, -0.2) is 129 Å². The number of methoxy groups -OCH3 is 2. The smallest absolute Gasteiger partial charge is 0.408 e. The largest absolute Gasteiger partial charge is 0.496 e. The van der Waals surface area contributed by atoms with E-state index in [1.165, 1.54) is 52.3 Å². The molecule has 0 saturated heterocycles. The predicted octanol–water partition coefficient (Wildman–Crippen LogP) is 5.15. The summed E-state index contributed by atoms with van der Waals surface area (Å²) in [7, 11) is 2.72. The van der Waals surface area contributed by atoms with Gasteiger partial charge >= 0.3 is 12.2 Å². The summed E-state index contributed by atoms with van der Waals surface area (Å²) in [5.74, 6) is -2.82. The Morgan fingerprint density at radius 2 is 0.978 bits per heavy atom. The van der Waals surface area contributed by atoms with Gasteiger partial charge in [-0.05, 0) is 164 Å². The fourth-order valence-corrected chi connectivity index (χ4v) is 8.56. The minimum atomic E-state index is -1.13. The van der Waals surface area contributed by atoms with Crippen molar-refractivity contribution in [3.63, 3.8) is 0 Å². The van der Waals surface area contributed by atoms with E-state index in [-0.39, 0.29) is 111 Å². The second kappa shape index (κ2) is 36.4. The summed E-state index contributed by atoms with van der Waals surface area (Å²) in [6.07, 6.45) is 1.27. The van der Waals surface area contributed by atoms with E-state index < -0.39 is 59.1 Å². The van der Waals surface area contributed by atoms with Crippen molar-refractivity contribution >= 4 is 87.6 Å². The number of benzene rings is 4. The number of amides is 10. The van der Waals surface area contributed by atoms with Gasteiger partial charge in [-0.15, -0.1) is 0 Å². The lowest BCUT2D eigenvalue weighted by Crippen LogP contribution is -2.53. The van der Waals surface area contributed by atoms with Gasteiger partial charge in [0.15, 0.2) is 5.96 Å². The van der Waals surface area contributed by atoms with Gasteiger partial charge in [-0.3, -0.25) is 60.1 Å². The molecule has 29 heteroatoms. The van der Waals surface area contributed by atoms with Crippen molar-refractivity contribution in [2.75, 3.05) is 51.2 Å². The van der Waals surface area contributed by atoms with Gasteiger partial charge in [-0.2, -0.15) is 0 Å². The number of carbonyl (C=O) groups excluding carboxylic acids is 10. The number of nitrogens with two attached hydrogens (primary N) is 2. The molecule has 0 aliphatic carbocycles. The quantitative estimate of drug-likeness (QED) is 0.0130.